The monoisotopic (exact) mass is 420 g/mol. The molecule has 0 unspecified atom stereocenters. The van der Waals surface area contributed by atoms with Crippen LogP contribution in [-0.4, -0.2) is 28.7 Å². The predicted octanol–water partition coefficient (Wildman–Crippen LogP) is 4.69. The Balaban J connectivity index is 1.49. The molecule has 4 aromatic carbocycles. The van der Waals surface area contributed by atoms with Crippen molar-refractivity contribution in [3.63, 3.8) is 0 Å². The standard InChI is InChI=1S/C27H20N2O3/c30-25(28-21-15-14-19-10-4-5-11-20(19)17-21)24(16-18-8-2-1-3-9-18)29-26(31)22-12-6-7-13-23(22)27(29)32/h1-15,17,24H,16H2,(H,28,30)/t24-/m1/s1. The van der Waals surface area contributed by atoms with Gasteiger partial charge < -0.3 is 5.32 Å². The number of hydrogen-bond donors (Lipinski definition) is 1. The molecule has 156 valence electrons. The topological polar surface area (TPSA) is 66.5 Å². The molecular weight excluding hydrogens is 400 g/mol. The molecule has 3 amide bonds. The molecule has 5 rings (SSSR count). The molecule has 0 bridgehead atoms. The fraction of sp³-hybridized carbons (Fsp3) is 0.0741. The van der Waals surface area contributed by atoms with Gasteiger partial charge in [-0.25, -0.2) is 0 Å². The lowest BCUT2D eigenvalue weighted by Crippen LogP contribution is -2.48. The van der Waals surface area contributed by atoms with Crippen LogP contribution in [0, 0.1) is 0 Å². The second kappa shape index (κ2) is 8.12. The molecule has 1 heterocycles. The maximum absolute atomic E-state index is 13.4. The SMILES string of the molecule is O=C(Nc1ccc2ccccc2c1)[C@@H](Cc1ccccc1)N1C(=O)c2ccccc2C1=O. The number of fused-ring (bicyclic) bond motifs is 2. The van der Waals surface area contributed by atoms with Gasteiger partial charge in [0.05, 0.1) is 11.1 Å². The first-order chi connectivity index (χ1) is 15.6. The summed E-state index contributed by atoms with van der Waals surface area (Å²) in [5.41, 5.74) is 2.13. The molecule has 0 radical (unpaired) electrons. The second-order valence-corrected chi connectivity index (χ2v) is 7.78. The molecule has 4 aromatic rings. The third kappa shape index (κ3) is 3.54. The van der Waals surface area contributed by atoms with Crippen molar-refractivity contribution in [3.05, 3.63) is 114 Å². The Bertz CT molecular complexity index is 1310. The van der Waals surface area contributed by atoms with Crippen LogP contribution < -0.4 is 5.32 Å². The smallest absolute Gasteiger partial charge is 0.262 e. The van der Waals surface area contributed by atoms with Crippen molar-refractivity contribution >= 4 is 34.2 Å². The van der Waals surface area contributed by atoms with Crippen LogP contribution in [0.15, 0.2) is 97.1 Å². The Hall–Kier alpha value is -4.25. The number of imide groups is 1. The van der Waals surface area contributed by atoms with E-state index in [0.717, 1.165) is 21.2 Å². The normalized spacial score (nSPS) is 13.8. The summed E-state index contributed by atoms with van der Waals surface area (Å²) in [7, 11) is 0. The van der Waals surface area contributed by atoms with Gasteiger partial charge in [0.1, 0.15) is 6.04 Å². The number of anilines is 1. The molecule has 0 fully saturated rings. The van der Waals surface area contributed by atoms with E-state index >= 15 is 0 Å². The van der Waals surface area contributed by atoms with Crippen LogP contribution in [0.3, 0.4) is 0 Å². The van der Waals surface area contributed by atoms with E-state index < -0.39 is 23.8 Å². The van der Waals surface area contributed by atoms with Crippen molar-refractivity contribution in [3.8, 4) is 0 Å². The Morgan fingerprint density at radius 2 is 1.31 bits per heavy atom. The van der Waals surface area contributed by atoms with Crippen molar-refractivity contribution < 1.29 is 14.4 Å². The lowest BCUT2D eigenvalue weighted by molar-refractivity contribution is -0.119. The van der Waals surface area contributed by atoms with Gasteiger partial charge in [0, 0.05) is 12.1 Å². The van der Waals surface area contributed by atoms with Crippen molar-refractivity contribution in [2.24, 2.45) is 0 Å². The number of carbonyl (C=O) groups excluding carboxylic acids is 3. The van der Waals surface area contributed by atoms with Gasteiger partial charge in [-0.05, 0) is 40.6 Å². The van der Waals surface area contributed by atoms with Crippen LogP contribution >= 0.6 is 0 Å². The summed E-state index contributed by atoms with van der Waals surface area (Å²) in [5, 5.41) is 4.97. The summed E-state index contributed by atoms with van der Waals surface area (Å²) in [4.78, 5) is 40.7. The highest BCUT2D eigenvalue weighted by Gasteiger charge is 2.42. The first-order valence-electron chi connectivity index (χ1n) is 10.4. The lowest BCUT2D eigenvalue weighted by Gasteiger charge is -2.25. The van der Waals surface area contributed by atoms with Gasteiger partial charge in [0.25, 0.3) is 11.8 Å². The first kappa shape index (κ1) is 19.7. The lowest BCUT2D eigenvalue weighted by atomic mass is 10.0. The van der Waals surface area contributed by atoms with Gasteiger partial charge in [-0.1, -0.05) is 72.8 Å². The summed E-state index contributed by atoms with van der Waals surface area (Å²) in [5.74, 6) is -1.29. The average Bonchev–Trinajstić information content (AvgIpc) is 3.08. The molecule has 1 atom stereocenters. The highest BCUT2D eigenvalue weighted by Crippen LogP contribution is 2.27. The molecule has 0 saturated carbocycles. The fourth-order valence-corrected chi connectivity index (χ4v) is 4.12. The van der Waals surface area contributed by atoms with E-state index in [9.17, 15) is 14.4 Å². The van der Waals surface area contributed by atoms with E-state index in [2.05, 4.69) is 5.32 Å². The number of nitrogens with zero attached hydrogens (tertiary/aromatic N) is 1. The first-order valence-corrected chi connectivity index (χ1v) is 10.4. The number of benzene rings is 4. The van der Waals surface area contributed by atoms with Gasteiger partial charge in [-0.2, -0.15) is 0 Å². The molecule has 0 aliphatic carbocycles. The predicted molar refractivity (Wildman–Crippen MR) is 123 cm³/mol. The molecule has 5 nitrogen and oxygen atoms in total. The zero-order valence-electron chi connectivity index (χ0n) is 17.2. The number of hydrogen-bond acceptors (Lipinski definition) is 3. The Morgan fingerprint density at radius 1 is 0.719 bits per heavy atom. The molecule has 1 aliphatic rings. The molecular formula is C27H20N2O3. The average molecular weight is 420 g/mol. The van der Waals surface area contributed by atoms with E-state index in [4.69, 9.17) is 0 Å². The van der Waals surface area contributed by atoms with Gasteiger partial charge in [-0.3, -0.25) is 19.3 Å². The maximum Gasteiger partial charge on any atom is 0.262 e. The largest absolute Gasteiger partial charge is 0.324 e. The van der Waals surface area contributed by atoms with E-state index in [0.29, 0.717) is 16.8 Å². The van der Waals surface area contributed by atoms with E-state index in [1.165, 1.54) is 0 Å². The minimum Gasteiger partial charge on any atom is -0.324 e. The Kier molecular flexibility index (Phi) is 5.00. The van der Waals surface area contributed by atoms with Gasteiger partial charge in [0.15, 0.2) is 0 Å². The van der Waals surface area contributed by atoms with Crippen molar-refractivity contribution in [1.29, 1.82) is 0 Å². The molecule has 32 heavy (non-hydrogen) atoms. The summed E-state index contributed by atoms with van der Waals surface area (Å²) in [6, 6.07) is 28.6. The van der Waals surface area contributed by atoms with Crippen LogP contribution in [0.2, 0.25) is 0 Å². The molecule has 1 N–H and O–H groups in total. The van der Waals surface area contributed by atoms with Gasteiger partial charge in [0.2, 0.25) is 5.91 Å². The number of amides is 3. The summed E-state index contributed by atoms with van der Waals surface area (Å²) < 4.78 is 0. The third-order valence-electron chi connectivity index (χ3n) is 5.73. The van der Waals surface area contributed by atoms with Gasteiger partial charge in [-0.15, -0.1) is 0 Å². The Morgan fingerprint density at radius 3 is 2.00 bits per heavy atom. The molecule has 5 heteroatoms. The van der Waals surface area contributed by atoms with Crippen LogP contribution in [0.1, 0.15) is 26.3 Å². The van der Waals surface area contributed by atoms with E-state index in [-0.39, 0.29) is 6.42 Å². The summed E-state index contributed by atoms with van der Waals surface area (Å²) >= 11 is 0. The summed E-state index contributed by atoms with van der Waals surface area (Å²) in [6.45, 7) is 0. The molecule has 0 aromatic heterocycles. The number of nitrogens with one attached hydrogen (secondary N) is 1. The number of carbonyl (C=O) groups is 3. The number of rotatable bonds is 5. The zero-order valence-corrected chi connectivity index (χ0v) is 17.2. The van der Waals surface area contributed by atoms with Crippen LogP contribution in [0.25, 0.3) is 10.8 Å². The second-order valence-electron chi connectivity index (χ2n) is 7.78. The van der Waals surface area contributed by atoms with E-state index in [1.54, 1.807) is 24.3 Å². The fourth-order valence-electron chi connectivity index (χ4n) is 4.12. The summed E-state index contributed by atoms with van der Waals surface area (Å²) in [6.07, 6.45) is 0.228. The van der Waals surface area contributed by atoms with E-state index in [1.807, 2.05) is 72.8 Å². The van der Waals surface area contributed by atoms with Crippen LogP contribution in [-0.2, 0) is 11.2 Å². The van der Waals surface area contributed by atoms with Crippen molar-refractivity contribution in [2.45, 2.75) is 12.5 Å². The minimum absolute atomic E-state index is 0.228. The quantitative estimate of drug-likeness (QED) is 0.477. The highest BCUT2D eigenvalue weighted by molar-refractivity contribution is 6.23. The van der Waals surface area contributed by atoms with Crippen molar-refractivity contribution in [1.82, 2.24) is 4.90 Å². The van der Waals surface area contributed by atoms with Crippen molar-refractivity contribution in [2.75, 3.05) is 5.32 Å². The van der Waals surface area contributed by atoms with Crippen LogP contribution in [0.4, 0.5) is 5.69 Å². The highest BCUT2D eigenvalue weighted by atomic mass is 16.2. The van der Waals surface area contributed by atoms with Gasteiger partial charge >= 0.3 is 0 Å². The Labute approximate surface area is 185 Å². The third-order valence-corrected chi connectivity index (χ3v) is 5.73. The minimum atomic E-state index is -0.976. The van der Waals surface area contributed by atoms with Crippen LogP contribution in [0.5, 0.6) is 0 Å². The zero-order chi connectivity index (χ0) is 22.1. The molecule has 0 spiro atoms. The maximum atomic E-state index is 13.4. The molecule has 1 aliphatic heterocycles. The molecule has 0 saturated heterocycles.